The summed E-state index contributed by atoms with van der Waals surface area (Å²) in [7, 11) is 0. The zero-order valence-electron chi connectivity index (χ0n) is 6.17. The Kier molecular flexibility index (Phi) is 2.43. The summed E-state index contributed by atoms with van der Waals surface area (Å²) < 4.78 is 0. The number of pyridine rings is 1. The molecule has 1 aromatic rings. The van der Waals surface area contributed by atoms with E-state index in [4.69, 9.17) is 0 Å². The van der Waals surface area contributed by atoms with E-state index in [9.17, 15) is 0 Å². The number of aromatic nitrogens is 1. The van der Waals surface area contributed by atoms with Gasteiger partial charge in [0.1, 0.15) is 0 Å². The van der Waals surface area contributed by atoms with Crippen molar-refractivity contribution in [2.75, 3.05) is 0 Å². The SMILES string of the molecule is [Li+].c1cnc2c(c1)[CH-]CC2. The Morgan fingerprint density at radius 2 is 2.40 bits per heavy atom. The Morgan fingerprint density at radius 3 is 3.20 bits per heavy atom. The normalized spacial score (nSPS) is 13.2. The second-order valence-corrected chi connectivity index (χ2v) is 2.28. The number of hydrogen-bond donors (Lipinski definition) is 0. The maximum atomic E-state index is 4.23. The minimum atomic E-state index is 0. The van der Waals surface area contributed by atoms with E-state index in [0.29, 0.717) is 0 Å². The molecule has 10 heavy (non-hydrogen) atoms. The summed E-state index contributed by atoms with van der Waals surface area (Å²) >= 11 is 0. The van der Waals surface area contributed by atoms with E-state index >= 15 is 0 Å². The first-order valence-corrected chi connectivity index (χ1v) is 3.24. The van der Waals surface area contributed by atoms with Crippen molar-refractivity contribution in [2.24, 2.45) is 0 Å². The van der Waals surface area contributed by atoms with E-state index in [1.165, 1.54) is 17.7 Å². The largest absolute Gasteiger partial charge is 1.00 e. The van der Waals surface area contributed by atoms with E-state index in [0.717, 1.165) is 6.42 Å². The van der Waals surface area contributed by atoms with Crippen LogP contribution in [0.5, 0.6) is 0 Å². The molecule has 0 bridgehead atoms. The van der Waals surface area contributed by atoms with Gasteiger partial charge in [0.25, 0.3) is 0 Å². The predicted octanol–water partition coefficient (Wildman–Crippen LogP) is -1.42. The Morgan fingerprint density at radius 1 is 1.50 bits per heavy atom. The van der Waals surface area contributed by atoms with Gasteiger partial charge in [-0.25, -0.2) is 0 Å². The van der Waals surface area contributed by atoms with Crippen LogP contribution in [0.2, 0.25) is 0 Å². The summed E-state index contributed by atoms with van der Waals surface area (Å²) in [6.45, 7) is 0. The van der Waals surface area contributed by atoms with Crippen LogP contribution in [0.3, 0.4) is 0 Å². The average Bonchev–Trinajstić information content (AvgIpc) is 2.33. The van der Waals surface area contributed by atoms with Crippen molar-refractivity contribution in [3.8, 4) is 0 Å². The minimum Gasteiger partial charge on any atom is -0.326 e. The molecule has 0 aromatic carbocycles. The number of rotatable bonds is 0. The van der Waals surface area contributed by atoms with E-state index in [1.807, 2.05) is 12.3 Å². The van der Waals surface area contributed by atoms with Crippen LogP contribution >= 0.6 is 0 Å². The number of nitrogens with zero attached hydrogens (tertiary/aromatic N) is 1. The van der Waals surface area contributed by atoms with E-state index < -0.39 is 0 Å². The maximum absolute atomic E-state index is 4.23. The van der Waals surface area contributed by atoms with Crippen LogP contribution in [-0.2, 0) is 6.42 Å². The van der Waals surface area contributed by atoms with Gasteiger partial charge >= 0.3 is 18.9 Å². The molecular formula is C8H8LiN. The summed E-state index contributed by atoms with van der Waals surface area (Å²) in [6.07, 6.45) is 6.41. The fourth-order valence-electron chi connectivity index (χ4n) is 1.21. The second kappa shape index (κ2) is 3.14. The molecular weight excluding hydrogens is 117 g/mol. The van der Waals surface area contributed by atoms with Gasteiger partial charge in [-0.05, 0) is 6.20 Å². The van der Waals surface area contributed by atoms with Crippen LogP contribution in [-0.4, -0.2) is 4.98 Å². The van der Waals surface area contributed by atoms with Gasteiger partial charge in [-0.2, -0.15) is 18.1 Å². The molecule has 1 aliphatic rings. The molecule has 2 rings (SSSR count). The molecule has 1 aliphatic carbocycles. The Labute approximate surface area is 73.0 Å². The van der Waals surface area contributed by atoms with Gasteiger partial charge in [0.15, 0.2) is 0 Å². The minimum absolute atomic E-state index is 0. The Bertz CT molecular complexity index is 199. The molecule has 0 amide bonds. The molecule has 1 nitrogen and oxygen atoms in total. The fraction of sp³-hybridized carbons (Fsp3) is 0.250. The monoisotopic (exact) mass is 125 g/mol. The first kappa shape index (κ1) is 7.72. The molecule has 0 saturated heterocycles. The van der Waals surface area contributed by atoms with Crippen LogP contribution in [0.4, 0.5) is 0 Å². The van der Waals surface area contributed by atoms with Crippen molar-refractivity contribution in [1.29, 1.82) is 0 Å². The first-order valence-electron chi connectivity index (χ1n) is 3.24. The van der Waals surface area contributed by atoms with E-state index in [2.05, 4.69) is 17.5 Å². The molecule has 0 aliphatic heterocycles. The average molecular weight is 125 g/mol. The fourth-order valence-corrected chi connectivity index (χ4v) is 1.21. The van der Waals surface area contributed by atoms with Gasteiger partial charge < -0.3 is 4.98 Å². The van der Waals surface area contributed by atoms with Gasteiger partial charge in [0, 0.05) is 0 Å². The molecule has 1 aromatic heterocycles. The summed E-state index contributed by atoms with van der Waals surface area (Å²) in [5.41, 5.74) is 2.59. The number of hydrogen-bond acceptors (Lipinski definition) is 1. The van der Waals surface area contributed by atoms with Crippen molar-refractivity contribution in [2.45, 2.75) is 12.8 Å². The Hall–Kier alpha value is -0.383. The number of aryl methyl sites for hydroxylation is 1. The van der Waals surface area contributed by atoms with Gasteiger partial charge in [-0.15, -0.1) is 6.07 Å². The molecule has 1 heterocycles. The molecule has 46 valence electrons. The summed E-state index contributed by atoms with van der Waals surface area (Å²) in [6, 6.07) is 4.11. The number of fused-ring (bicyclic) bond motifs is 1. The third kappa shape index (κ3) is 1.21. The molecule has 0 saturated carbocycles. The van der Waals surface area contributed by atoms with Crippen LogP contribution < -0.4 is 18.9 Å². The first-order chi connectivity index (χ1) is 4.47. The molecule has 0 fully saturated rings. The smallest absolute Gasteiger partial charge is 0.326 e. The summed E-state index contributed by atoms with van der Waals surface area (Å²) in [5.74, 6) is 0. The van der Waals surface area contributed by atoms with Gasteiger partial charge in [-0.1, -0.05) is 18.5 Å². The van der Waals surface area contributed by atoms with Gasteiger partial charge in [0.05, 0.1) is 0 Å². The van der Waals surface area contributed by atoms with Crippen LogP contribution in [0.1, 0.15) is 17.7 Å². The zero-order chi connectivity index (χ0) is 6.10. The quantitative estimate of drug-likeness (QED) is 0.306. The molecule has 0 unspecified atom stereocenters. The van der Waals surface area contributed by atoms with E-state index in [1.54, 1.807) is 0 Å². The zero-order valence-corrected chi connectivity index (χ0v) is 6.17. The molecule has 0 radical (unpaired) electrons. The standard InChI is InChI=1S/C8H8N.Li/c1-3-7-4-2-6-9-8(7)5-1;/h2-4,6H,1,5H2;/q-1;+1. The van der Waals surface area contributed by atoms with Crippen LogP contribution in [0.15, 0.2) is 18.3 Å². The van der Waals surface area contributed by atoms with Crippen molar-refractivity contribution >= 4 is 0 Å². The maximum Gasteiger partial charge on any atom is 1.00 e. The topological polar surface area (TPSA) is 12.9 Å². The third-order valence-electron chi connectivity index (χ3n) is 1.67. The summed E-state index contributed by atoms with van der Waals surface area (Å²) in [5, 5.41) is 0. The molecule has 2 heteroatoms. The molecule has 0 N–H and O–H groups in total. The van der Waals surface area contributed by atoms with Crippen molar-refractivity contribution in [3.05, 3.63) is 36.0 Å². The third-order valence-corrected chi connectivity index (χ3v) is 1.67. The van der Waals surface area contributed by atoms with Gasteiger partial charge in [0.2, 0.25) is 0 Å². The van der Waals surface area contributed by atoms with E-state index in [-0.39, 0.29) is 18.9 Å². The van der Waals surface area contributed by atoms with Crippen molar-refractivity contribution < 1.29 is 18.9 Å². The molecule has 0 spiro atoms. The predicted molar refractivity (Wildman–Crippen MR) is 36.0 cm³/mol. The second-order valence-electron chi connectivity index (χ2n) is 2.28. The summed E-state index contributed by atoms with van der Waals surface area (Å²) in [4.78, 5) is 4.23. The Balaban J connectivity index is 0.000000500. The van der Waals surface area contributed by atoms with Crippen LogP contribution in [0.25, 0.3) is 0 Å². The molecule has 0 atom stereocenters. The van der Waals surface area contributed by atoms with Crippen LogP contribution in [0, 0.1) is 6.42 Å². The van der Waals surface area contributed by atoms with Gasteiger partial charge in [-0.3, -0.25) is 0 Å². The van der Waals surface area contributed by atoms with Crippen molar-refractivity contribution in [3.63, 3.8) is 0 Å². The van der Waals surface area contributed by atoms with Crippen molar-refractivity contribution in [1.82, 2.24) is 4.98 Å².